The quantitative estimate of drug-likeness (QED) is 0.365. The number of rotatable bonds is 8. The van der Waals surface area contributed by atoms with Crippen molar-refractivity contribution < 1.29 is 9.47 Å². The number of nitrogens with one attached hydrogen (secondary N) is 2. The van der Waals surface area contributed by atoms with Crippen LogP contribution in [0.4, 0.5) is 0 Å². The minimum atomic E-state index is 0. The third-order valence-electron chi connectivity index (χ3n) is 3.49. The van der Waals surface area contributed by atoms with E-state index in [4.69, 9.17) is 9.47 Å². The van der Waals surface area contributed by atoms with Crippen molar-refractivity contribution in [3.63, 3.8) is 0 Å². The molecule has 8 heteroatoms. The van der Waals surface area contributed by atoms with Crippen LogP contribution in [0.3, 0.4) is 0 Å². The molecule has 0 spiro atoms. The summed E-state index contributed by atoms with van der Waals surface area (Å²) in [6.45, 7) is 8.90. The molecule has 1 rings (SSSR count). The SMILES string of the molecule is CN=C(NCc1c(C)nn(CCOC)c1C)NC(C)COC.I. The predicted molar refractivity (Wildman–Crippen MR) is 104 cm³/mol. The van der Waals surface area contributed by atoms with Crippen molar-refractivity contribution in [3.8, 4) is 0 Å². The van der Waals surface area contributed by atoms with E-state index in [1.54, 1.807) is 21.3 Å². The van der Waals surface area contributed by atoms with Gasteiger partial charge in [0.25, 0.3) is 0 Å². The average molecular weight is 439 g/mol. The van der Waals surface area contributed by atoms with Gasteiger partial charge in [0.05, 0.1) is 25.5 Å². The Hall–Kier alpha value is -0.870. The fraction of sp³-hybridized carbons (Fsp3) is 0.733. The van der Waals surface area contributed by atoms with Gasteiger partial charge in [-0.05, 0) is 20.8 Å². The second-order valence-corrected chi connectivity index (χ2v) is 5.29. The van der Waals surface area contributed by atoms with Crippen LogP contribution in [0.5, 0.6) is 0 Å². The lowest BCUT2D eigenvalue weighted by molar-refractivity contribution is 0.179. The molecule has 23 heavy (non-hydrogen) atoms. The minimum absolute atomic E-state index is 0. The van der Waals surface area contributed by atoms with Crippen molar-refractivity contribution in [2.75, 3.05) is 34.5 Å². The molecule has 2 N–H and O–H groups in total. The van der Waals surface area contributed by atoms with Crippen molar-refractivity contribution >= 4 is 29.9 Å². The Morgan fingerprint density at radius 1 is 1.30 bits per heavy atom. The monoisotopic (exact) mass is 439 g/mol. The first-order chi connectivity index (χ1) is 10.5. The number of aliphatic imine (C=N–C) groups is 1. The lowest BCUT2D eigenvalue weighted by Crippen LogP contribution is -2.43. The van der Waals surface area contributed by atoms with E-state index in [-0.39, 0.29) is 30.0 Å². The standard InChI is InChI=1S/C15H29N5O2.HI/c1-11(10-22-6)18-15(16-4)17-9-14-12(2)19-20(13(14)3)7-8-21-5;/h11H,7-10H2,1-6H3,(H2,16,17,18);1H. The van der Waals surface area contributed by atoms with Crippen molar-refractivity contribution in [1.82, 2.24) is 20.4 Å². The molecule has 0 aliphatic rings. The summed E-state index contributed by atoms with van der Waals surface area (Å²) in [5, 5.41) is 11.2. The number of hydrogen-bond acceptors (Lipinski definition) is 4. The molecule has 134 valence electrons. The van der Waals surface area contributed by atoms with E-state index < -0.39 is 0 Å². The van der Waals surface area contributed by atoms with Crippen LogP contribution in [0, 0.1) is 13.8 Å². The van der Waals surface area contributed by atoms with Crippen LogP contribution >= 0.6 is 24.0 Å². The van der Waals surface area contributed by atoms with Gasteiger partial charge in [-0.3, -0.25) is 9.67 Å². The second-order valence-electron chi connectivity index (χ2n) is 5.29. The Morgan fingerprint density at radius 2 is 2.00 bits per heavy atom. The molecular weight excluding hydrogens is 409 g/mol. The molecule has 1 aromatic heterocycles. The van der Waals surface area contributed by atoms with Crippen molar-refractivity contribution in [1.29, 1.82) is 0 Å². The van der Waals surface area contributed by atoms with Crippen LogP contribution in [0.15, 0.2) is 4.99 Å². The number of ether oxygens (including phenoxy) is 2. The van der Waals surface area contributed by atoms with E-state index in [0.717, 1.165) is 23.9 Å². The third-order valence-corrected chi connectivity index (χ3v) is 3.49. The highest BCUT2D eigenvalue weighted by Crippen LogP contribution is 2.12. The van der Waals surface area contributed by atoms with Gasteiger partial charge in [-0.15, -0.1) is 24.0 Å². The molecule has 0 fully saturated rings. The van der Waals surface area contributed by atoms with E-state index in [1.165, 1.54) is 5.56 Å². The molecular formula is C15H30IN5O2. The summed E-state index contributed by atoms with van der Waals surface area (Å²) < 4.78 is 12.2. The fourth-order valence-corrected chi connectivity index (χ4v) is 2.28. The van der Waals surface area contributed by atoms with Gasteiger partial charge in [0.15, 0.2) is 5.96 Å². The van der Waals surface area contributed by atoms with Gasteiger partial charge in [-0.25, -0.2) is 0 Å². The molecule has 0 aromatic carbocycles. The molecule has 0 bridgehead atoms. The number of aryl methyl sites for hydroxylation is 1. The largest absolute Gasteiger partial charge is 0.383 e. The average Bonchev–Trinajstić information content (AvgIpc) is 2.76. The van der Waals surface area contributed by atoms with Gasteiger partial charge in [-0.1, -0.05) is 0 Å². The fourth-order valence-electron chi connectivity index (χ4n) is 2.28. The van der Waals surface area contributed by atoms with Crippen molar-refractivity contribution in [2.45, 2.75) is 39.9 Å². The first-order valence-corrected chi connectivity index (χ1v) is 7.51. The highest BCUT2D eigenvalue weighted by molar-refractivity contribution is 14.0. The number of halogens is 1. The summed E-state index contributed by atoms with van der Waals surface area (Å²) in [6.07, 6.45) is 0. The van der Waals surface area contributed by atoms with Gasteiger partial charge in [0.1, 0.15) is 0 Å². The lowest BCUT2D eigenvalue weighted by atomic mass is 10.2. The first kappa shape index (κ1) is 22.1. The van der Waals surface area contributed by atoms with Gasteiger partial charge in [0, 0.05) is 45.1 Å². The Balaban J connectivity index is 0.00000484. The molecule has 1 atom stereocenters. The van der Waals surface area contributed by atoms with Crippen LogP contribution in [-0.2, 0) is 22.6 Å². The number of methoxy groups -OCH3 is 2. The van der Waals surface area contributed by atoms with Crippen LogP contribution in [0.25, 0.3) is 0 Å². The summed E-state index contributed by atoms with van der Waals surface area (Å²) >= 11 is 0. The number of aromatic nitrogens is 2. The maximum atomic E-state index is 5.12. The second kappa shape index (κ2) is 11.6. The molecule has 1 aromatic rings. The Bertz CT molecular complexity index is 490. The van der Waals surface area contributed by atoms with E-state index >= 15 is 0 Å². The smallest absolute Gasteiger partial charge is 0.191 e. The van der Waals surface area contributed by atoms with Crippen LogP contribution in [0.1, 0.15) is 23.9 Å². The molecule has 0 saturated carbocycles. The first-order valence-electron chi connectivity index (χ1n) is 7.51. The molecule has 0 aliphatic heterocycles. The third kappa shape index (κ3) is 7.05. The predicted octanol–water partition coefficient (Wildman–Crippen LogP) is 1.46. The minimum Gasteiger partial charge on any atom is -0.383 e. The van der Waals surface area contributed by atoms with Gasteiger partial charge < -0.3 is 20.1 Å². The van der Waals surface area contributed by atoms with Crippen molar-refractivity contribution in [3.05, 3.63) is 17.0 Å². The normalized spacial score (nSPS) is 12.7. The van der Waals surface area contributed by atoms with E-state index in [1.807, 2.05) is 11.6 Å². The Kier molecular flexibility index (Phi) is 11.2. The molecule has 7 nitrogen and oxygen atoms in total. The number of nitrogens with zero attached hydrogens (tertiary/aromatic N) is 3. The number of hydrogen-bond donors (Lipinski definition) is 2. The summed E-state index contributed by atoms with van der Waals surface area (Å²) in [6, 6.07) is 0.197. The van der Waals surface area contributed by atoms with Crippen LogP contribution in [-0.4, -0.2) is 56.3 Å². The summed E-state index contributed by atoms with van der Waals surface area (Å²) in [7, 11) is 5.15. The summed E-state index contributed by atoms with van der Waals surface area (Å²) in [4.78, 5) is 4.23. The Labute approximate surface area is 156 Å². The maximum absolute atomic E-state index is 5.12. The lowest BCUT2D eigenvalue weighted by Gasteiger charge is -2.17. The molecule has 0 aliphatic carbocycles. The molecule has 1 unspecified atom stereocenters. The summed E-state index contributed by atoms with van der Waals surface area (Å²) in [5.41, 5.74) is 3.38. The van der Waals surface area contributed by atoms with Gasteiger partial charge >= 0.3 is 0 Å². The molecule has 0 saturated heterocycles. The highest BCUT2D eigenvalue weighted by atomic mass is 127. The summed E-state index contributed by atoms with van der Waals surface area (Å²) in [5.74, 6) is 0.757. The van der Waals surface area contributed by atoms with Crippen molar-refractivity contribution in [2.24, 2.45) is 4.99 Å². The van der Waals surface area contributed by atoms with E-state index in [2.05, 4.69) is 34.6 Å². The molecule has 0 amide bonds. The van der Waals surface area contributed by atoms with Crippen LogP contribution < -0.4 is 10.6 Å². The van der Waals surface area contributed by atoms with Gasteiger partial charge in [-0.2, -0.15) is 5.10 Å². The van der Waals surface area contributed by atoms with Crippen LogP contribution in [0.2, 0.25) is 0 Å². The van der Waals surface area contributed by atoms with E-state index in [9.17, 15) is 0 Å². The topological polar surface area (TPSA) is 72.7 Å². The zero-order valence-corrected chi connectivity index (χ0v) is 17.3. The maximum Gasteiger partial charge on any atom is 0.191 e. The molecule has 0 radical (unpaired) electrons. The van der Waals surface area contributed by atoms with E-state index in [0.29, 0.717) is 19.8 Å². The zero-order valence-electron chi connectivity index (χ0n) is 15.0. The Morgan fingerprint density at radius 3 is 2.57 bits per heavy atom. The highest BCUT2D eigenvalue weighted by Gasteiger charge is 2.12. The zero-order chi connectivity index (χ0) is 16.5. The van der Waals surface area contributed by atoms with Gasteiger partial charge in [0.2, 0.25) is 0 Å². The number of guanidine groups is 1. The molecule has 1 heterocycles.